The summed E-state index contributed by atoms with van der Waals surface area (Å²) in [6.45, 7) is 8.86. The molecule has 1 aromatic rings. The minimum absolute atomic E-state index is 0.207. The van der Waals surface area contributed by atoms with Gasteiger partial charge in [0.1, 0.15) is 12.1 Å². The minimum Gasteiger partial charge on any atom is -0.376 e. The third-order valence-corrected chi connectivity index (χ3v) is 5.73. The molecule has 1 aromatic heterocycles. The molecule has 7 heteroatoms. The van der Waals surface area contributed by atoms with Crippen LogP contribution in [0.4, 0.5) is 5.82 Å². The van der Waals surface area contributed by atoms with E-state index < -0.39 is 0 Å². The summed E-state index contributed by atoms with van der Waals surface area (Å²) in [5.41, 5.74) is 8.04. The summed E-state index contributed by atoms with van der Waals surface area (Å²) in [5.74, 6) is 1.50. The molecule has 5 atom stereocenters. The summed E-state index contributed by atoms with van der Waals surface area (Å²) < 4.78 is 11.8. The van der Waals surface area contributed by atoms with E-state index in [1.807, 2.05) is 0 Å². The van der Waals surface area contributed by atoms with E-state index in [9.17, 15) is 0 Å². The number of ether oxygens (including phenoxy) is 2. The van der Waals surface area contributed by atoms with Crippen LogP contribution in [0.25, 0.3) is 0 Å². The highest BCUT2D eigenvalue weighted by Gasteiger charge is 2.42. The SMILES string of the molecule is CC(C)OC1CCC2NNC(c3cc(N4CCO[C@H](C)C4)ncn3)C2C1. The molecule has 1 saturated carbocycles. The van der Waals surface area contributed by atoms with Crippen molar-refractivity contribution in [1.29, 1.82) is 0 Å². The molecule has 7 nitrogen and oxygen atoms in total. The lowest BCUT2D eigenvalue weighted by Crippen LogP contribution is -2.41. The first-order valence-electron chi connectivity index (χ1n) is 9.95. The Labute approximate surface area is 155 Å². The van der Waals surface area contributed by atoms with Gasteiger partial charge in [-0.1, -0.05) is 0 Å². The summed E-state index contributed by atoms with van der Waals surface area (Å²) in [7, 11) is 0. The first-order valence-corrected chi connectivity index (χ1v) is 9.95. The molecule has 0 spiro atoms. The number of aromatic nitrogens is 2. The number of nitrogens with one attached hydrogen (secondary N) is 2. The van der Waals surface area contributed by atoms with Crippen LogP contribution in [0.5, 0.6) is 0 Å². The van der Waals surface area contributed by atoms with E-state index in [0.717, 1.165) is 50.5 Å². The Bertz CT molecular complexity index is 613. The molecule has 2 aliphatic heterocycles. The maximum Gasteiger partial charge on any atom is 0.132 e. The zero-order valence-electron chi connectivity index (χ0n) is 16.0. The van der Waals surface area contributed by atoms with Gasteiger partial charge in [0.25, 0.3) is 0 Å². The molecular weight excluding hydrogens is 330 g/mol. The Kier molecular flexibility index (Phi) is 5.40. The number of hydrogen-bond acceptors (Lipinski definition) is 7. The molecule has 4 unspecified atom stereocenters. The van der Waals surface area contributed by atoms with Gasteiger partial charge in [0.15, 0.2) is 0 Å². The van der Waals surface area contributed by atoms with Gasteiger partial charge in [0.2, 0.25) is 0 Å². The van der Waals surface area contributed by atoms with Gasteiger partial charge < -0.3 is 14.4 Å². The van der Waals surface area contributed by atoms with Gasteiger partial charge in [0, 0.05) is 31.1 Å². The van der Waals surface area contributed by atoms with E-state index in [1.165, 1.54) is 0 Å². The highest BCUT2D eigenvalue weighted by molar-refractivity contribution is 5.40. The van der Waals surface area contributed by atoms with Gasteiger partial charge in [-0.15, -0.1) is 0 Å². The third kappa shape index (κ3) is 3.86. The van der Waals surface area contributed by atoms with Gasteiger partial charge in [-0.2, -0.15) is 0 Å². The van der Waals surface area contributed by atoms with E-state index in [4.69, 9.17) is 9.47 Å². The average Bonchev–Trinajstić information content (AvgIpc) is 3.04. The van der Waals surface area contributed by atoms with Crippen molar-refractivity contribution in [3.63, 3.8) is 0 Å². The monoisotopic (exact) mass is 361 g/mol. The number of rotatable bonds is 4. The van der Waals surface area contributed by atoms with Crippen LogP contribution in [0.15, 0.2) is 12.4 Å². The van der Waals surface area contributed by atoms with E-state index in [2.05, 4.69) is 52.6 Å². The topological polar surface area (TPSA) is 71.5 Å². The molecule has 26 heavy (non-hydrogen) atoms. The van der Waals surface area contributed by atoms with Crippen LogP contribution in [0, 0.1) is 5.92 Å². The number of morpholine rings is 1. The fraction of sp³-hybridized carbons (Fsp3) is 0.789. The molecule has 2 N–H and O–H groups in total. The lowest BCUT2D eigenvalue weighted by molar-refractivity contribution is -0.0276. The van der Waals surface area contributed by atoms with E-state index in [1.54, 1.807) is 6.33 Å². The van der Waals surface area contributed by atoms with E-state index >= 15 is 0 Å². The van der Waals surface area contributed by atoms with Gasteiger partial charge in [-0.3, -0.25) is 5.43 Å². The second-order valence-corrected chi connectivity index (χ2v) is 8.09. The molecular formula is C19H31N5O2. The fourth-order valence-corrected chi connectivity index (χ4v) is 4.55. The van der Waals surface area contributed by atoms with Crippen molar-refractivity contribution in [2.24, 2.45) is 5.92 Å². The molecule has 4 rings (SSSR count). The fourth-order valence-electron chi connectivity index (χ4n) is 4.55. The summed E-state index contributed by atoms with van der Waals surface area (Å²) in [4.78, 5) is 11.4. The molecule has 0 bridgehead atoms. The van der Waals surface area contributed by atoms with Crippen LogP contribution in [-0.4, -0.2) is 54.0 Å². The number of hydrazine groups is 1. The molecule has 0 aromatic carbocycles. The van der Waals surface area contributed by atoms with Crippen molar-refractivity contribution in [2.45, 2.75) is 70.4 Å². The van der Waals surface area contributed by atoms with Crippen LogP contribution >= 0.6 is 0 Å². The largest absolute Gasteiger partial charge is 0.376 e. The normalized spacial score (nSPS) is 34.9. The van der Waals surface area contributed by atoms with Crippen LogP contribution in [-0.2, 0) is 9.47 Å². The van der Waals surface area contributed by atoms with Gasteiger partial charge in [0.05, 0.1) is 36.7 Å². The highest BCUT2D eigenvalue weighted by atomic mass is 16.5. The zero-order chi connectivity index (χ0) is 18.1. The first kappa shape index (κ1) is 18.1. The molecule has 3 heterocycles. The maximum atomic E-state index is 6.10. The van der Waals surface area contributed by atoms with Crippen molar-refractivity contribution >= 4 is 5.82 Å². The molecule has 0 radical (unpaired) electrons. The standard InChI is InChI=1S/C19H31N5O2/c1-12(2)26-14-4-5-16-15(8-14)19(23-22-16)17-9-18(21-11-20-17)24-6-7-25-13(3)10-24/h9,11-16,19,22-23H,4-8,10H2,1-3H3/t13-,14?,15?,16?,19?/m1/s1. The summed E-state index contributed by atoms with van der Waals surface area (Å²) in [5, 5.41) is 0. The van der Waals surface area contributed by atoms with E-state index in [-0.39, 0.29) is 18.2 Å². The summed E-state index contributed by atoms with van der Waals surface area (Å²) in [6, 6.07) is 2.85. The lowest BCUT2D eigenvalue weighted by Gasteiger charge is -2.34. The Hall–Kier alpha value is -1.28. The van der Waals surface area contributed by atoms with Crippen molar-refractivity contribution in [1.82, 2.24) is 20.8 Å². The second kappa shape index (κ2) is 7.76. The van der Waals surface area contributed by atoms with Crippen LogP contribution < -0.4 is 15.8 Å². The third-order valence-electron chi connectivity index (χ3n) is 5.73. The predicted molar refractivity (Wildman–Crippen MR) is 99.8 cm³/mol. The second-order valence-electron chi connectivity index (χ2n) is 8.09. The number of fused-ring (bicyclic) bond motifs is 1. The van der Waals surface area contributed by atoms with Crippen molar-refractivity contribution in [3.05, 3.63) is 18.1 Å². The minimum atomic E-state index is 0.207. The van der Waals surface area contributed by atoms with Crippen LogP contribution in [0.1, 0.15) is 51.8 Å². The Morgan fingerprint density at radius 2 is 2.15 bits per heavy atom. The summed E-state index contributed by atoms with van der Waals surface area (Å²) >= 11 is 0. The highest BCUT2D eigenvalue weighted by Crippen LogP contribution is 2.39. The Morgan fingerprint density at radius 3 is 2.96 bits per heavy atom. The number of anilines is 1. The molecule has 0 amide bonds. The molecule has 1 aliphatic carbocycles. The first-order chi connectivity index (χ1) is 12.6. The van der Waals surface area contributed by atoms with E-state index in [0.29, 0.717) is 18.1 Å². The van der Waals surface area contributed by atoms with Gasteiger partial charge in [-0.25, -0.2) is 15.4 Å². The predicted octanol–water partition coefficient (Wildman–Crippen LogP) is 1.81. The van der Waals surface area contributed by atoms with Crippen molar-refractivity contribution in [3.8, 4) is 0 Å². The van der Waals surface area contributed by atoms with Crippen molar-refractivity contribution < 1.29 is 9.47 Å². The van der Waals surface area contributed by atoms with Gasteiger partial charge >= 0.3 is 0 Å². The average molecular weight is 361 g/mol. The number of nitrogens with zero attached hydrogens (tertiary/aromatic N) is 3. The maximum absolute atomic E-state index is 6.10. The zero-order valence-corrected chi connectivity index (χ0v) is 16.0. The van der Waals surface area contributed by atoms with Crippen molar-refractivity contribution in [2.75, 3.05) is 24.6 Å². The molecule has 144 valence electrons. The smallest absolute Gasteiger partial charge is 0.132 e. The Balaban J connectivity index is 1.49. The van der Waals surface area contributed by atoms with Crippen LogP contribution in [0.3, 0.4) is 0 Å². The molecule has 2 saturated heterocycles. The lowest BCUT2D eigenvalue weighted by atomic mass is 9.79. The summed E-state index contributed by atoms with van der Waals surface area (Å²) in [6.07, 6.45) is 5.91. The molecule has 3 aliphatic rings. The Morgan fingerprint density at radius 1 is 1.27 bits per heavy atom. The number of hydrogen-bond donors (Lipinski definition) is 2. The van der Waals surface area contributed by atoms with Crippen LogP contribution in [0.2, 0.25) is 0 Å². The van der Waals surface area contributed by atoms with Gasteiger partial charge in [-0.05, 0) is 40.0 Å². The quantitative estimate of drug-likeness (QED) is 0.847. The molecule has 3 fully saturated rings.